The van der Waals surface area contributed by atoms with Crippen molar-refractivity contribution in [2.75, 3.05) is 7.11 Å². The second kappa shape index (κ2) is 6.74. The van der Waals surface area contributed by atoms with Crippen molar-refractivity contribution in [3.05, 3.63) is 41.5 Å². The fraction of sp³-hybridized carbons (Fsp3) is 0.357. The third-order valence-corrected chi connectivity index (χ3v) is 2.55. The lowest BCUT2D eigenvalue weighted by Crippen LogP contribution is -2.08. The highest BCUT2D eigenvalue weighted by Gasteiger charge is 2.16. The maximum atomic E-state index is 11.6. The SMILES string of the molecule is CCCC/C(C(=O)OC)=C(/O)c1ccccc1. The number of hydrogen-bond donors (Lipinski definition) is 1. The molecule has 1 rings (SSSR count). The van der Waals surface area contributed by atoms with Crippen molar-refractivity contribution < 1.29 is 14.6 Å². The monoisotopic (exact) mass is 234 g/mol. The molecule has 17 heavy (non-hydrogen) atoms. The molecule has 0 heterocycles. The maximum absolute atomic E-state index is 11.6. The summed E-state index contributed by atoms with van der Waals surface area (Å²) in [6.45, 7) is 2.04. The molecule has 0 radical (unpaired) electrons. The van der Waals surface area contributed by atoms with Crippen LogP contribution in [0.3, 0.4) is 0 Å². The van der Waals surface area contributed by atoms with E-state index in [0.29, 0.717) is 17.6 Å². The van der Waals surface area contributed by atoms with Crippen LogP contribution in [0.25, 0.3) is 5.76 Å². The number of esters is 1. The minimum atomic E-state index is -0.459. The van der Waals surface area contributed by atoms with Gasteiger partial charge >= 0.3 is 5.97 Å². The van der Waals surface area contributed by atoms with Gasteiger partial charge in [-0.3, -0.25) is 0 Å². The van der Waals surface area contributed by atoms with Gasteiger partial charge in [0.15, 0.2) is 0 Å². The van der Waals surface area contributed by atoms with Gasteiger partial charge in [0.1, 0.15) is 5.76 Å². The highest BCUT2D eigenvalue weighted by atomic mass is 16.5. The van der Waals surface area contributed by atoms with E-state index in [0.717, 1.165) is 12.8 Å². The topological polar surface area (TPSA) is 46.5 Å². The number of rotatable bonds is 5. The van der Waals surface area contributed by atoms with Gasteiger partial charge in [0, 0.05) is 5.56 Å². The Morgan fingerprint density at radius 1 is 1.29 bits per heavy atom. The molecule has 0 saturated carbocycles. The summed E-state index contributed by atoms with van der Waals surface area (Å²) in [7, 11) is 1.33. The van der Waals surface area contributed by atoms with Crippen molar-refractivity contribution in [3.8, 4) is 0 Å². The quantitative estimate of drug-likeness (QED) is 0.483. The first-order chi connectivity index (χ1) is 8.20. The molecule has 1 N–H and O–H groups in total. The minimum Gasteiger partial charge on any atom is -0.507 e. The molecule has 3 nitrogen and oxygen atoms in total. The summed E-state index contributed by atoms with van der Waals surface area (Å²) in [6.07, 6.45) is 2.34. The molecule has 3 heteroatoms. The Hall–Kier alpha value is -1.77. The summed E-state index contributed by atoms with van der Waals surface area (Å²) in [5.41, 5.74) is 0.990. The Bertz CT molecular complexity index is 393. The zero-order chi connectivity index (χ0) is 12.7. The van der Waals surface area contributed by atoms with E-state index in [1.54, 1.807) is 12.1 Å². The summed E-state index contributed by atoms with van der Waals surface area (Å²) in [5, 5.41) is 10.1. The number of methoxy groups -OCH3 is 1. The molecular formula is C14H18O3. The van der Waals surface area contributed by atoms with Gasteiger partial charge in [-0.2, -0.15) is 0 Å². The predicted octanol–water partition coefficient (Wildman–Crippen LogP) is 3.32. The third-order valence-electron chi connectivity index (χ3n) is 2.55. The molecule has 0 unspecified atom stereocenters. The molecule has 1 aromatic rings. The van der Waals surface area contributed by atoms with E-state index in [1.165, 1.54) is 7.11 Å². The van der Waals surface area contributed by atoms with Crippen molar-refractivity contribution in [2.24, 2.45) is 0 Å². The zero-order valence-electron chi connectivity index (χ0n) is 10.3. The number of carbonyl (C=O) groups excluding carboxylic acids is 1. The highest BCUT2D eigenvalue weighted by Crippen LogP contribution is 2.21. The Kier molecular flexibility index (Phi) is 5.27. The normalized spacial score (nSPS) is 11.9. The van der Waals surface area contributed by atoms with E-state index < -0.39 is 5.97 Å². The smallest absolute Gasteiger partial charge is 0.337 e. The lowest BCUT2D eigenvalue weighted by atomic mass is 10.0. The van der Waals surface area contributed by atoms with Crippen LogP contribution in [0.2, 0.25) is 0 Å². The van der Waals surface area contributed by atoms with Gasteiger partial charge in [-0.1, -0.05) is 43.7 Å². The van der Waals surface area contributed by atoms with Crippen LogP contribution in [0, 0.1) is 0 Å². The first kappa shape index (κ1) is 13.3. The summed E-state index contributed by atoms with van der Waals surface area (Å²) in [6, 6.07) is 9.04. The van der Waals surface area contributed by atoms with Crippen molar-refractivity contribution >= 4 is 11.7 Å². The number of benzene rings is 1. The zero-order valence-corrected chi connectivity index (χ0v) is 10.3. The van der Waals surface area contributed by atoms with Crippen molar-refractivity contribution in [1.29, 1.82) is 0 Å². The van der Waals surface area contributed by atoms with Crippen LogP contribution in [-0.4, -0.2) is 18.2 Å². The molecule has 0 atom stereocenters. The van der Waals surface area contributed by atoms with Crippen molar-refractivity contribution in [3.63, 3.8) is 0 Å². The van der Waals surface area contributed by atoms with Gasteiger partial charge in [-0.25, -0.2) is 4.79 Å². The lowest BCUT2D eigenvalue weighted by Gasteiger charge is -2.08. The van der Waals surface area contributed by atoms with Crippen molar-refractivity contribution in [1.82, 2.24) is 0 Å². The first-order valence-corrected chi connectivity index (χ1v) is 5.76. The minimum absolute atomic E-state index is 0.0194. The summed E-state index contributed by atoms with van der Waals surface area (Å²) in [5.74, 6) is -0.439. The molecule has 1 aromatic carbocycles. The first-order valence-electron chi connectivity index (χ1n) is 5.76. The number of ether oxygens (including phenoxy) is 1. The molecule has 0 fully saturated rings. The van der Waals surface area contributed by atoms with Crippen LogP contribution in [0.1, 0.15) is 31.7 Å². The molecule has 0 amide bonds. The molecule has 0 aliphatic heterocycles. The van der Waals surface area contributed by atoms with E-state index in [-0.39, 0.29) is 5.76 Å². The van der Waals surface area contributed by atoms with Crippen LogP contribution >= 0.6 is 0 Å². The van der Waals surface area contributed by atoms with Gasteiger partial charge < -0.3 is 9.84 Å². The van der Waals surface area contributed by atoms with Crippen LogP contribution in [0.15, 0.2) is 35.9 Å². The van der Waals surface area contributed by atoms with E-state index in [2.05, 4.69) is 0 Å². The molecule has 0 aliphatic rings. The summed E-state index contributed by atoms with van der Waals surface area (Å²) < 4.78 is 4.70. The fourth-order valence-corrected chi connectivity index (χ4v) is 1.56. The average Bonchev–Trinajstić information content (AvgIpc) is 2.39. The summed E-state index contributed by atoms with van der Waals surface area (Å²) in [4.78, 5) is 11.6. The Morgan fingerprint density at radius 2 is 1.94 bits per heavy atom. The molecule has 0 bridgehead atoms. The number of unbranched alkanes of at least 4 members (excludes halogenated alkanes) is 1. The maximum Gasteiger partial charge on any atom is 0.337 e. The number of hydrogen-bond acceptors (Lipinski definition) is 3. The molecular weight excluding hydrogens is 216 g/mol. The number of aliphatic hydroxyl groups excluding tert-OH is 1. The van der Waals surface area contributed by atoms with Gasteiger partial charge in [0.25, 0.3) is 0 Å². The third kappa shape index (κ3) is 3.63. The predicted molar refractivity (Wildman–Crippen MR) is 67.5 cm³/mol. The molecule has 0 aromatic heterocycles. The number of aliphatic hydroxyl groups is 1. The lowest BCUT2D eigenvalue weighted by molar-refractivity contribution is -0.136. The summed E-state index contributed by atoms with van der Waals surface area (Å²) >= 11 is 0. The average molecular weight is 234 g/mol. The Morgan fingerprint density at radius 3 is 2.47 bits per heavy atom. The molecule has 0 aliphatic carbocycles. The Labute approximate surface area is 102 Å². The van der Waals surface area contributed by atoms with Crippen LogP contribution in [0.5, 0.6) is 0 Å². The Balaban J connectivity index is 3.04. The van der Waals surface area contributed by atoms with Crippen LogP contribution < -0.4 is 0 Å². The molecule has 92 valence electrons. The van der Waals surface area contributed by atoms with Gasteiger partial charge in [0.05, 0.1) is 12.7 Å². The van der Waals surface area contributed by atoms with E-state index >= 15 is 0 Å². The van der Waals surface area contributed by atoms with E-state index in [1.807, 2.05) is 25.1 Å². The highest BCUT2D eigenvalue weighted by molar-refractivity contribution is 5.95. The van der Waals surface area contributed by atoms with Gasteiger partial charge in [0.2, 0.25) is 0 Å². The van der Waals surface area contributed by atoms with Crippen molar-refractivity contribution in [2.45, 2.75) is 26.2 Å². The molecule has 0 saturated heterocycles. The van der Waals surface area contributed by atoms with E-state index in [4.69, 9.17) is 4.74 Å². The van der Waals surface area contributed by atoms with Crippen LogP contribution in [0.4, 0.5) is 0 Å². The fourth-order valence-electron chi connectivity index (χ4n) is 1.56. The van der Waals surface area contributed by atoms with Gasteiger partial charge in [-0.15, -0.1) is 0 Å². The molecule has 0 spiro atoms. The standard InChI is InChI=1S/C14H18O3/c1-3-4-10-12(14(16)17-2)13(15)11-8-6-5-7-9-11/h5-9,15H,3-4,10H2,1-2H3/b13-12-. The van der Waals surface area contributed by atoms with E-state index in [9.17, 15) is 9.90 Å². The van der Waals surface area contributed by atoms with Crippen LogP contribution in [-0.2, 0) is 9.53 Å². The second-order valence-corrected chi connectivity index (χ2v) is 3.79. The largest absolute Gasteiger partial charge is 0.507 e. The number of carbonyl (C=O) groups is 1. The second-order valence-electron chi connectivity index (χ2n) is 3.79. The van der Waals surface area contributed by atoms with Gasteiger partial charge in [-0.05, 0) is 12.8 Å².